The van der Waals surface area contributed by atoms with Crippen LogP contribution >= 0.6 is 0 Å². The Morgan fingerprint density at radius 1 is 0.410 bits per heavy atom. The van der Waals surface area contributed by atoms with Crippen LogP contribution in [-0.2, 0) is 4.74 Å². The van der Waals surface area contributed by atoms with Gasteiger partial charge in [0, 0.05) is 0 Å². The Bertz CT molecular complexity index is 999. The number of rotatable bonds is 4. The Labute approximate surface area is 194 Å². The van der Waals surface area contributed by atoms with Crippen molar-refractivity contribution in [1.82, 2.24) is 0 Å². The highest BCUT2D eigenvalue weighted by Crippen LogP contribution is 2.89. The minimum absolute atomic E-state index is 1.30. The molecule has 0 radical (unpaired) electrons. The summed E-state index contributed by atoms with van der Waals surface area (Å²) in [6.45, 7) is 0. The van der Waals surface area contributed by atoms with Crippen molar-refractivity contribution in [2.24, 2.45) is 0 Å². The molecule has 4 aliphatic rings. The van der Waals surface area contributed by atoms with Crippen molar-refractivity contribution >= 4 is 0 Å². The first-order valence-electron chi connectivity index (χ1n) is 8.73. The fourth-order valence-electron chi connectivity index (χ4n) is 4.56. The first kappa shape index (κ1) is 31.8. The number of aliphatic hydroxyl groups is 1. The maximum absolute atomic E-state index is 15.2. The molecule has 0 amide bonds. The van der Waals surface area contributed by atoms with Crippen molar-refractivity contribution in [3.63, 3.8) is 0 Å². The molecule has 2 nitrogen and oxygen atoms in total. The summed E-state index contributed by atoms with van der Waals surface area (Å²) in [6.07, 6.45) is -16.5. The summed E-state index contributed by atoms with van der Waals surface area (Å²) in [6, 6.07) is 0. The highest BCUT2D eigenvalue weighted by Gasteiger charge is 3.24. The highest BCUT2D eigenvalue weighted by molar-refractivity contribution is 5.54. The van der Waals surface area contributed by atoms with Crippen LogP contribution in [0.15, 0.2) is 0 Å². The van der Waals surface area contributed by atoms with E-state index in [-0.39, 0.29) is 0 Å². The van der Waals surface area contributed by atoms with E-state index in [9.17, 15) is 87.8 Å². The molecule has 4 fully saturated rings. The second kappa shape index (κ2) is 6.52. The number of hydrogen-bond donors (Lipinski definition) is 1. The third kappa shape index (κ3) is 2.20. The molecule has 0 aliphatic heterocycles. The third-order valence-corrected chi connectivity index (χ3v) is 6.64. The molecule has 0 aromatic heterocycles. The van der Waals surface area contributed by atoms with Crippen molar-refractivity contribution in [2.75, 3.05) is 0 Å². The minimum Gasteiger partial charge on any atom is -0.350 e. The lowest BCUT2D eigenvalue weighted by Gasteiger charge is -2.74. The second-order valence-corrected chi connectivity index (χ2v) is 8.41. The molecule has 0 saturated heterocycles. The van der Waals surface area contributed by atoms with Crippen LogP contribution in [0.4, 0.5) is 101 Å². The Morgan fingerprint density at radius 3 is 0.872 bits per heavy atom. The number of ether oxygens (including phenoxy) is 1. The Kier molecular flexibility index (Phi) is 5.32. The smallest absolute Gasteiger partial charge is 0.350 e. The Morgan fingerprint density at radius 2 is 0.641 bits per heavy atom. The number of hydrogen-bond acceptors (Lipinski definition) is 2. The summed E-state index contributed by atoms with van der Waals surface area (Å²) in [5.74, 6) is -68.7. The van der Waals surface area contributed by atoms with Crippen molar-refractivity contribution in [1.29, 1.82) is 0 Å². The molecule has 4 saturated carbocycles. The van der Waals surface area contributed by atoms with Crippen molar-refractivity contribution in [3.05, 3.63) is 0 Å². The van der Waals surface area contributed by atoms with Gasteiger partial charge in [0.2, 0.25) is 0 Å². The summed E-state index contributed by atoms with van der Waals surface area (Å²) in [7, 11) is 0. The van der Waals surface area contributed by atoms with E-state index in [4.69, 9.17) is 5.11 Å². The monoisotopic (exact) mass is 638 g/mol. The standard InChI is InChI=1S/C14HF23O2/c15-1-5(19,20)2(16)8(25,26)3(17,6(1,21)22)12(32,4(18,7(1,23)24)9(2,27)28)39-14(36,37)11(31,38)10(29,30)13(33,34)35/h38H. The molecule has 39 heavy (non-hydrogen) atoms. The van der Waals surface area contributed by atoms with Crippen molar-refractivity contribution in [2.45, 2.75) is 82.2 Å². The Balaban J connectivity index is 2.54. The van der Waals surface area contributed by atoms with Gasteiger partial charge in [-0.3, -0.25) is 4.74 Å². The summed E-state index contributed by atoms with van der Waals surface area (Å²) in [5.41, 5.74) is -34.5. The lowest BCUT2D eigenvalue weighted by atomic mass is 9.40. The van der Waals surface area contributed by atoms with E-state index in [1.54, 1.807) is 0 Å². The molecule has 1 atom stereocenters. The van der Waals surface area contributed by atoms with Gasteiger partial charge in [0.25, 0.3) is 0 Å². The molecule has 1 N–H and O–H groups in total. The van der Waals surface area contributed by atoms with Crippen molar-refractivity contribution < 1.29 is 111 Å². The van der Waals surface area contributed by atoms with Crippen LogP contribution in [0, 0.1) is 0 Å². The van der Waals surface area contributed by atoms with E-state index in [0.29, 0.717) is 0 Å². The molecule has 0 spiro atoms. The molecule has 4 rings (SSSR count). The average molecular weight is 638 g/mol. The van der Waals surface area contributed by atoms with Gasteiger partial charge in [-0.15, -0.1) is 0 Å². The molecular weight excluding hydrogens is 637 g/mol. The van der Waals surface area contributed by atoms with Gasteiger partial charge in [-0.25, -0.2) is 22.0 Å². The van der Waals surface area contributed by atoms with Gasteiger partial charge in [0.15, 0.2) is 0 Å². The van der Waals surface area contributed by atoms with Crippen LogP contribution in [-0.4, -0.2) is 87.3 Å². The van der Waals surface area contributed by atoms with Gasteiger partial charge in [0.05, 0.1) is 0 Å². The fraction of sp³-hybridized carbons (Fsp3) is 1.00. The van der Waals surface area contributed by atoms with Crippen LogP contribution in [0.3, 0.4) is 0 Å². The largest absolute Gasteiger partial charge is 0.459 e. The van der Waals surface area contributed by atoms with E-state index in [0.717, 1.165) is 0 Å². The van der Waals surface area contributed by atoms with Gasteiger partial charge >= 0.3 is 82.2 Å². The van der Waals surface area contributed by atoms with E-state index in [1.165, 1.54) is 4.74 Å². The number of alkyl halides is 23. The van der Waals surface area contributed by atoms with Crippen LogP contribution in [0.5, 0.6) is 0 Å². The van der Waals surface area contributed by atoms with Gasteiger partial charge < -0.3 is 5.11 Å². The van der Waals surface area contributed by atoms with Crippen molar-refractivity contribution in [3.8, 4) is 0 Å². The van der Waals surface area contributed by atoms with Crippen LogP contribution in [0.1, 0.15) is 0 Å². The second-order valence-electron chi connectivity index (χ2n) is 8.41. The van der Waals surface area contributed by atoms with E-state index in [2.05, 4.69) is 0 Å². The summed E-state index contributed by atoms with van der Waals surface area (Å²) in [5, 5.41) is 8.31. The maximum Gasteiger partial charge on any atom is 0.459 e. The van der Waals surface area contributed by atoms with Crippen LogP contribution < -0.4 is 0 Å². The van der Waals surface area contributed by atoms with Crippen LogP contribution in [0.2, 0.25) is 0 Å². The van der Waals surface area contributed by atoms with E-state index < -0.39 is 82.2 Å². The molecule has 1 unspecified atom stereocenters. The lowest BCUT2D eigenvalue weighted by molar-refractivity contribution is -0.634. The van der Waals surface area contributed by atoms with E-state index >= 15 is 13.2 Å². The zero-order chi connectivity index (χ0) is 31.7. The quantitative estimate of drug-likeness (QED) is 0.374. The fourth-order valence-corrected chi connectivity index (χ4v) is 4.56. The lowest BCUT2D eigenvalue weighted by Crippen LogP contribution is -3.09. The minimum atomic E-state index is -8.88. The third-order valence-electron chi connectivity index (χ3n) is 6.64. The molecule has 25 heteroatoms. The summed E-state index contributed by atoms with van der Waals surface area (Å²) >= 11 is 0. The molecule has 0 aromatic rings. The molecular formula is C14HF23O2. The van der Waals surface area contributed by atoms with Gasteiger partial charge in [-0.2, -0.15) is 79.0 Å². The zero-order valence-electron chi connectivity index (χ0n) is 16.5. The van der Waals surface area contributed by atoms with Gasteiger partial charge in [-0.1, -0.05) is 0 Å². The predicted octanol–water partition coefficient (Wildman–Crippen LogP) is 6.17. The van der Waals surface area contributed by atoms with Gasteiger partial charge in [0.1, 0.15) is 0 Å². The molecule has 0 heterocycles. The highest BCUT2D eigenvalue weighted by atomic mass is 19.4. The maximum atomic E-state index is 15.2. The topological polar surface area (TPSA) is 29.5 Å². The molecule has 4 bridgehead atoms. The zero-order valence-corrected chi connectivity index (χ0v) is 16.5. The molecule has 0 aromatic carbocycles. The van der Waals surface area contributed by atoms with E-state index in [1.807, 2.05) is 0 Å². The molecule has 4 aliphatic carbocycles. The Hall–Kier alpha value is -1.69. The first-order chi connectivity index (χ1) is 16.5. The van der Waals surface area contributed by atoms with Gasteiger partial charge in [-0.05, 0) is 0 Å². The molecule has 230 valence electrons. The summed E-state index contributed by atoms with van der Waals surface area (Å²) in [4.78, 5) is 0. The normalized spacial score (nSPS) is 45.2. The van der Waals surface area contributed by atoms with Crippen LogP contribution in [0.25, 0.3) is 0 Å². The first-order valence-corrected chi connectivity index (χ1v) is 8.73. The average Bonchev–Trinajstić information content (AvgIpc) is 2.71. The number of halogens is 23. The SMILES string of the molecule is OC(F)(C(F)(F)OC1(F)C2(F)C(F)(F)C3(F)C(F)(F)C(F)(C2(F)F)C(F)(F)C1(F)C3(F)F)C(F)(F)C(F)(F)F. The predicted molar refractivity (Wildman–Crippen MR) is 67.0 cm³/mol. The summed E-state index contributed by atoms with van der Waals surface area (Å²) < 4.78 is 322.